The molecule has 5 nitrogen and oxygen atoms in total. The zero-order chi connectivity index (χ0) is 19.5. The van der Waals surface area contributed by atoms with Crippen molar-refractivity contribution in [2.45, 2.75) is 51.5 Å². The number of rotatable bonds is 6. The van der Waals surface area contributed by atoms with Crippen LogP contribution in [-0.2, 0) is 9.59 Å². The Kier molecular flexibility index (Phi) is 6.00. The quantitative estimate of drug-likeness (QED) is 0.822. The Bertz CT molecular complexity index is 684. The molecule has 0 radical (unpaired) electrons. The molecule has 1 saturated carbocycles. The van der Waals surface area contributed by atoms with Crippen LogP contribution in [-0.4, -0.2) is 54.3 Å². The lowest BCUT2D eigenvalue weighted by Gasteiger charge is -2.33. The van der Waals surface area contributed by atoms with E-state index in [1.165, 1.54) is 24.0 Å². The highest BCUT2D eigenvalue weighted by Gasteiger charge is 2.36. The fraction of sp³-hybridized carbons (Fsp3) is 0.652. The maximum Gasteiger partial charge on any atom is 0.225 e. The molecule has 2 saturated heterocycles. The van der Waals surface area contributed by atoms with Gasteiger partial charge in [-0.25, -0.2) is 0 Å². The maximum atomic E-state index is 12.8. The van der Waals surface area contributed by atoms with Crippen LogP contribution in [0.25, 0.3) is 0 Å². The molecule has 2 heterocycles. The van der Waals surface area contributed by atoms with Crippen molar-refractivity contribution in [1.82, 2.24) is 15.1 Å². The second-order valence-corrected chi connectivity index (χ2v) is 8.79. The molecule has 1 aromatic carbocycles. The molecule has 152 valence electrons. The zero-order valence-corrected chi connectivity index (χ0v) is 17.0. The first-order chi connectivity index (χ1) is 13.6. The van der Waals surface area contributed by atoms with Crippen LogP contribution in [0.5, 0.6) is 0 Å². The van der Waals surface area contributed by atoms with Crippen molar-refractivity contribution in [2.75, 3.05) is 32.7 Å². The summed E-state index contributed by atoms with van der Waals surface area (Å²) in [5.74, 6) is 0.795. The van der Waals surface area contributed by atoms with E-state index in [1.807, 2.05) is 4.90 Å². The van der Waals surface area contributed by atoms with Gasteiger partial charge in [-0.05, 0) is 64.1 Å². The standard InChI is InChI=1S/C23H33N3O2/c1-17-4-6-18(7-5-17)21(25-12-2-3-13-25)16-24-22(27)19-10-14-26(15-11-19)23(28)20-8-9-20/h4-7,19-21H,2-3,8-16H2,1H3,(H,24,27). The lowest BCUT2D eigenvalue weighted by Crippen LogP contribution is -2.45. The summed E-state index contributed by atoms with van der Waals surface area (Å²) < 4.78 is 0. The topological polar surface area (TPSA) is 52.7 Å². The molecule has 1 atom stereocenters. The van der Waals surface area contributed by atoms with Crippen molar-refractivity contribution < 1.29 is 9.59 Å². The molecule has 1 aliphatic carbocycles. The van der Waals surface area contributed by atoms with E-state index in [4.69, 9.17) is 0 Å². The largest absolute Gasteiger partial charge is 0.354 e. The molecule has 0 bridgehead atoms. The predicted molar refractivity (Wildman–Crippen MR) is 110 cm³/mol. The zero-order valence-electron chi connectivity index (χ0n) is 17.0. The number of carbonyl (C=O) groups excluding carboxylic acids is 2. The van der Waals surface area contributed by atoms with E-state index in [-0.39, 0.29) is 23.8 Å². The third-order valence-corrected chi connectivity index (χ3v) is 6.62. The molecule has 4 rings (SSSR count). The Morgan fingerprint density at radius 1 is 0.964 bits per heavy atom. The van der Waals surface area contributed by atoms with Gasteiger partial charge in [-0.15, -0.1) is 0 Å². The molecule has 1 unspecified atom stereocenters. The number of hydrogen-bond acceptors (Lipinski definition) is 3. The molecular formula is C23H33N3O2. The summed E-state index contributed by atoms with van der Waals surface area (Å²) in [5.41, 5.74) is 2.55. The van der Waals surface area contributed by atoms with Crippen LogP contribution in [0.15, 0.2) is 24.3 Å². The Labute approximate surface area is 168 Å². The van der Waals surface area contributed by atoms with Crippen LogP contribution < -0.4 is 5.32 Å². The highest BCUT2D eigenvalue weighted by Crippen LogP contribution is 2.32. The second kappa shape index (κ2) is 8.64. The molecule has 1 aromatic rings. The highest BCUT2D eigenvalue weighted by atomic mass is 16.2. The minimum Gasteiger partial charge on any atom is -0.354 e. The Morgan fingerprint density at radius 3 is 2.21 bits per heavy atom. The predicted octanol–water partition coefficient (Wildman–Crippen LogP) is 2.90. The van der Waals surface area contributed by atoms with Gasteiger partial charge in [0.1, 0.15) is 0 Å². The van der Waals surface area contributed by atoms with Crippen molar-refractivity contribution >= 4 is 11.8 Å². The second-order valence-electron chi connectivity index (χ2n) is 8.79. The van der Waals surface area contributed by atoms with E-state index in [0.29, 0.717) is 12.5 Å². The number of hydrogen-bond donors (Lipinski definition) is 1. The van der Waals surface area contributed by atoms with Crippen molar-refractivity contribution in [3.8, 4) is 0 Å². The first-order valence-corrected chi connectivity index (χ1v) is 11.0. The van der Waals surface area contributed by atoms with Gasteiger partial charge in [-0.3, -0.25) is 14.5 Å². The molecule has 0 spiro atoms. The molecule has 2 amide bonds. The Balaban J connectivity index is 1.31. The van der Waals surface area contributed by atoms with Gasteiger partial charge in [0.05, 0.1) is 6.04 Å². The van der Waals surface area contributed by atoms with E-state index in [0.717, 1.165) is 51.9 Å². The monoisotopic (exact) mass is 383 g/mol. The van der Waals surface area contributed by atoms with E-state index >= 15 is 0 Å². The fourth-order valence-electron chi connectivity index (χ4n) is 4.59. The summed E-state index contributed by atoms with van der Waals surface area (Å²) in [5, 5.41) is 3.24. The van der Waals surface area contributed by atoms with E-state index in [2.05, 4.69) is 41.4 Å². The third kappa shape index (κ3) is 4.57. The molecule has 0 aromatic heterocycles. The maximum absolute atomic E-state index is 12.8. The smallest absolute Gasteiger partial charge is 0.225 e. The van der Waals surface area contributed by atoms with Crippen LogP contribution in [0.2, 0.25) is 0 Å². The summed E-state index contributed by atoms with van der Waals surface area (Å²) in [4.78, 5) is 29.5. The van der Waals surface area contributed by atoms with Gasteiger partial charge < -0.3 is 10.2 Å². The number of aryl methyl sites for hydroxylation is 1. The molecule has 3 aliphatic rings. The molecule has 2 aliphatic heterocycles. The average molecular weight is 384 g/mol. The number of carbonyl (C=O) groups is 2. The van der Waals surface area contributed by atoms with Crippen molar-refractivity contribution in [2.24, 2.45) is 11.8 Å². The van der Waals surface area contributed by atoms with Crippen LogP contribution in [0.3, 0.4) is 0 Å². The van der Waals surface area contributed by atoms with Crippen LogP contribution in [0, 0.1) is 18.8 Å². The summed E-state index contributed by atoms with van der Waals surface area (Å²) >= 11 is 0. The molecule has 3 fully saturated rings. The van der Waals surface area contributed by atoms with Gasteiger partial charge >= 0.3 is 0 Å². The van der Waals surface area contributed by atoms with Gasteiger partial charge in [0.25, 0.3) is 0 Å². The highest BCUT2D eigenvalue weighted by molar-refractivity contribution is 5.82. The van der Waals surface area contributed by atoms with E-state index < -0.39 is 0 Å². The average Bonchev–Trinajstić information content (AvgIpc) is 3.44. The van der Waals surface area contributed by atoms with Gasteiger partial charge in [0.2, 0.25) is 11.8 Å². The molecule has 28 heavy (non-hydrogen) atoms. The normalized spacial score (nSPS) is 22.2. The Morgan fingerprint density at radius 2 is 1.61 bits per heavy atom. The first kappa shape index (κ1) is 19.4. The van der Waals surface area contributed by atoms with Crippen molar-refractivity contribution in [3.63, 3.8) is 0 Å². The fourth-order valence-corrected chi connectivity index (χ4v) is 4.59. The van der Waals surface area contributed by atoms with Crippen LogP contribution >= 0.6 is 0 Å². The van der Waals surface area contributed by atoms with Gasteiger partial charge in [0, 0.05) is 31.5 Å². The SMILES string of the molecule is Cc1ccc(C(CNC(=O)C2CCN(C(=O)C3CC3)CC2)N2CCCC2)cc1. The number of amides is 2. The van der Waals surface area contributed by atoms with E-state index in [9.17, 15) is 9.59 Å². The number of likely N-dealkylation sites (tertiary alicyclic amines) is 2. The lowest BCUT2D eigenvalue weighted by atomic mass is 9.95. The molecule has 5 heteroatoms. The molecule has 1 N–H and O–H groups in total. The van der Waals surface area contributed by atoms with Crippen LogP contribution in [0.1, 0.15) is 55.7 Å². The minimum absolute atomic E-state index is 0.0421. The number of benzene rings is 1. The lowest BCUT2D eigenvalue weighted by molar-refractivity contribution is -0.136. The van der Waals surface area contributed by atoms with Crippen molar-refractivity contribution in [3.05, 3.63) is 35.4 Å². The van der Waals surface area contributed by atoms with Gasteiger partial charge in [-0.1, -0.05) is 29.8 Å². The van der Waals surface area contributed by atoms with Gasteiger partial charge in [0.15, 0.2) is 0 Å². The number of nitrogens with zero attached hydrogens (tertiary/aromatic N) is 2. The Hall–Kier alpha value is -1.88. The third-order valence-electron chi connectivity index (χ3n) is 6.62. The minimum atomic E-state index is 0.0421. The summed E-state index contributed by atoms with van der Waals surface area (Å²) in [7, 11) is 0. The summed E-state index contributed by atoms with van der Waals surface area (Å²) in [6, 6.07) is 8.97. The number of piperidine rings is 1. The first-order valence-electron chi connectivity index (χ1n) is 11.0. The molecular weight excluding hydrogens is 350 g/mol. The van der Waals surface area contributed by atoms with E-state index in [1.54, 1.807) is 0 Å². The summed E-state index contributed by atoms with van der Waals surface area (Å²) in [6.07, 6.45) is 6.17. The van der Waals surface area contributed by atoms with Crippen LogP contribution in [0.4, 0.5) is 0 Å². The van der Waals surface area contributed by atoms with Gasteiger partial charge in [-0.2, -0.15) is 0 Å². The van der Waals surface area contributed by atoms with Crippen molar-refractivity contribution in [1.29, 1.82) is 0 Å². The summed E-state index contributed by atoms with van der Waals surface area (Å²) in [6.45, 7) is 6.47. The number of nitrogens with one attached hydrogen (secondary N) is 1.